The van der Waals surface area contributed by atoms with E-state index in [1.165, 1.54) is 10.6 Å². The average molecular weight is 404 g/mol. The number of aromatic nitrogens is 1. The maximum Gasteiger partial charge on any atom is 0.255 e. The van der Waals surface area contributed by atoms with Crippen molar-refractivity contribution < 1.29 is 9.59 Å². The Labute approximate surface area is 175 Å². The third kappa shape index (κ3) is 5.35. The summed E-state index contributed by atoms with van der Waals surface area (Å²) in [6.45, 7) is 1.78. The Morgan fingerprint density at radius 3 is 2.10 bits per heavy atom. The zero-order valence-electron chi connectivity index (χ0n) is 17.2. The number of pyridine rings is 1. The standard InChI is InChI=1S/C23H24N4O3/c1-16-4-13-22(29)27(14-16)15-21(28)24-18-7-5-17(6-8-18)23(30)25-19-9-11-20(12-10-19)26(2)3/h4-14H,15H2,1-3H3,(H,24,28)(H,25,30). The summed E-state index contributed by atoms with van der Waals surface area (Å²) >= 11 is 0. The van der Waals surface area contributed by atoms with Crippen LogP contribution in [0.4, 0.5) is 17.1 Å². The number of aryl methyl sites for hydroxylation is 1. The number of hydrogen-bond acceptors (Lipinski definition) is 4. The van der Waals surface area contributed by atoms with Gasteiger partial charge in [0.1, 0.15) is 6.54 Å². The van der Waals surface area contributed by atoms with Crippen molar-refractivity contribution in [3.05, 3.63) is 88.3 Å². The van der Waals surface area contributed by atoms with E-state index in [1.807, 2.05) is 50.2 Å². The van der Waals surface area contributed by atoms with E-state index in [1.54, 1.807) is 36.5 Å². The van der Waals surface area contributed by atoms with Crippen molar-refractivity contribution in [2.45, 2.75) is 13.5 Å². The van der Waals surface area contributed by atoms with Gasteiger partial charge in [0.2, 0.25) is 5.91 Å². The van der Waals surface area contributed by atoms with Gasteiger partial charge in [-0.15, -0.1) is 0 Å². The highest BCUT2D eigenvalue weighted by atomic mass is 16.2. The summed E-state index contributed by atoms with van der Waals surface area (Å²) in [7, 11) is 3.90. The lowest BCUT2D eigenvalue weighted by Crippen LogP contribution is -2.26. The maximum atomic E-state index is 12.4. The number of anilines is 3. The van der Waals surface area contributed by atoms with Crippen LogP contribution in [0.3, 0.4) is 0 Å². The Balaban J connectivity index is 1.60. The lowest BCUT2D eigenvalue weighted by Gasteiger charge is -2.13. The molecular weight excluding hydrogens is 380 g/mol. The Kier molecular flexibility index (Phi) is 6.32. The molecule has 0 unspecified atom stereocenters. The molecule has 2 amide bonds. The molecule has 154 valence electrons. The van der Waals surface area contributed by atoms with Crippen LogP contribution in [-0.2, 0) is 11.3 Å². The van der Waals surface area contributed by atoms with Gasteiger partial charge in [-0.3, -0.25) is 14.4 Å². The van der Waals surface area contributed by atoms with Crippen LogP contribution in [-0.4, -0.2) is 30.5 Å². The molecule has 7 heteroatoms. The zero-order valence-corrected chi connectivity index (χ0v) is 17.2. The molecule has 0 atom stereocenters. The van der Waals surface area contributed by atoms with Gasteiger partial charge in [-0.25, -0.2) is 0 Å². The summed E-state index contributed by atoms with van der Waals surface area (Å²) in [6, 6.07) is 17.3. The fourth-order valence-corrected chi connectivity index (χ4v) is 2.88. The largest absolute Gasteiger partial charge is 0.378 e. The van der Waals surface area contributed by atoms with Crippen LogP contribution in [0.2, 0.25) is 0 Å². The number of carbonyl (C=O) groups excluding carboxylic acids is 2. The SMILES string of the molecule is Cc1ccc(=O)n(CC(=O)Nc2ccc(C(=O)Nc3ccc(N(C)C)cc3)cc2)c1. The van der Waals surface area contributed by atoms with Crippen LogP contribution in [0.5, 0.6) is 0 Å². The summed E-state index contributed by atoms with van der Waals surface area (Å²) in [6.07, 6.45) is 1.64. The zero-order chi connectivity index (χ0) is 21.7. The van der Waals surface area contributed by atoms with Crippen molar-refractivity contribution >= 4 is 28.9 Å². The minimum atomic E-state index is -0.319. The minimum Gasteiger partial charge on any atom is -0.378 e. The number of benzene rings is 2. The molecule has 0 aliphatic heterocycles. The Morgan fingerprint density at radius 1 is 0.867 bits per heavy atom. The van der Waals surface area contributed by atoms with Gasteiger partial charge in [-0.2, -0.15) is 0 Å². The van der Waals surface area contributed by atoms with Crippen molar-refractivity contribution in [3.8, 4) is 0 Å². The molecule has 1 heterocycles. The molecule has 0 spiro atoms. The first-order chi connectivity index (χ1) is 14.3. The highest BCUT2D eigenvalue weighted by Gasteiger charge is 2.09. The predicted molar refractivity (Wildman–Crippen MR) is 119 cm³/mol. The van der Waals surface area contributed by atoms with Crippen LogP contribution in [0.15, 0.2) is 71.7 Å². The number of rotatable bonds is 6. The fraction of sp³-hybridized carbons (Fsp3) is 0.174. The number of amides is 2. The highest BCUT2D eigenvalue weighted by molar-refractivity contribution is 6.04. The van der Waals surface area contributed by atoms with Crippen molar-refractivity contribution in [2.24, 2.45) is 0 Å². The van der Waals surface area contributed by atoms with Crippen molar-refractivity contribution in [2.75, 3.05) is 29.6 Å². The van der Waals surface area contributed by atoms with Crippen LogP contribution < -0.4 is 21.1 Å². The second-order valence-corrected chi connectivity index (χ2v) is 7.19. The number of nitrogens with zero attached hydrogens (tertiary/aromatic N) is 2. The van der Waals surface area contributed by atoms with E-state index in [-0.39, 0.29) is 23.9 Å². The fourth-order valence-electron chi connectivity index (χ4n) is 2.88. The van der Waals surface area contributed by atoms with Crippen molar-refractivity contribution in [1.82, 2.24) is 4.57 Å². The van der Waals surface area contributed by atoms with Gasteiger partial charge in [0.05, 0.1) is 0 Å². The molecule has 2 aromatic carbocycles. The minimum absolute atomic E-state index is 0.0777. The molecule has 0 aliphatic carbocycles. The van der Waals surface area contributed by atoms with Gasteiger partial charge < -0.3 is 20.1 Å². The van der Waals surface area contributed by atoms with Gasteiger partial charge in [-0.1, -0.05) is 6.07 Å². The third-order valence-electron chi connectivity index (χ3n) is 4.52. The van der Waals surface area contributed by atoms with Gasteiger partial charge in [-0.05, 0) is 61.0 Å². The second kappa shape index (κ2) is 9.09. The lowest BCUT2D eigenvalue weighted by atomic mass is 10.2. The first kappa shape index (κ1) is 20.9. The van der Waals surface area contributed by atoms with Gasteiger partial charge in [0.15, 0.2) is 0 Å². The Morgan fingerprint density at radius 2 is 1.47 bits per heavy atom. The normalized spacial score (nSPS) is 10.4. The van der Waals surface area contributed by atoms with Crippen LogP contribution in [0.1, 0.15) is 15.9 Å². The number of nitrogens with one attached hydrogen (secondary N) is 2. The average Bonchev–Trinajstić information content (AvgIpc) is 2.71. The summed E-state index contributed by atoms with van der Waals surface area (Å²) in [5, 5.41) is 5.58. The van der Waals surface area contributed by atoms with Gasteiger partial charge in [0, 0.05) is 49.0 Å². The van der Waals surface area contributed by atoms with Crippen LogP contribution in [0.25, 0.3) is 0 Å². The summed E-state index contributed by atoms with van der Waals surface area (Å²) in [5.41, 5.74) is 3.43. The van der Waals surface area contributed by atoms with E-state index in [0.717, 1.165) is 11.3 Å². The van der Waals surface area contributed by atoms with Crippen LogP contribution in [0, 0.1) is 6.92 Å². The van der Waals surface area contributed by atoms with Crippen molar-refractivity contribution in [1.29, 1.82) is 0 Å². The van der Waals surface area contributed by atoms with Gasteiger partial charge >= 0.3 is 0 Å². The van der Waals surface area contributed by atoms with Gasteiger partial charge in [0.25, 0.3) is 11.5 Å². The van der Waals surface area contributed by atoms with E-state index in [9.17, 15) is 14.4 Å². The van der Waals surface area contributed by atoms with E-state index in [0.29, 0.717) is 16.9 Å². The van der Waals surface area contributed by atoms with Crippen LogP contribution >= 0.6 is 0 Å². The Hall–Kier alpha value is -3.87. The third-order valence-corrected chi connectivity index (χ3v) is 4.52. The maximum absolute atomic E-state index is 12.4. The molecule has 0 fully saturated rings. The van der Waals surface area contributed by atoms with E-state index >= 15 is 0 Å². The molecule has 30 heavy (non-hydrogen) atoms. The summed E-state index contributed by atoms with van der Waals surface area (Å²) < 4.78 is 1.36. The molecule has 0 saturated carbocycles. The number of hydrogen-bond donors (Lipinski definition) is 2. The lowest BCUT2D eigenvalue weighted by molar-refractivity contribution is -0.116. The first-order valence-electron chi connectivity index (χ1n) is 9.47. The topological polar surface area (TPSA) is 83.4 Å². The molecule has 0 saturated heterocycles. The molecule has 0 bridgehead atoms. The summed E-state index contributed by atoms with van der Waals surface area (Å²) in [5.74, 6) is -0.558. The number of carbonyl (C=O) groups is 2. The first-order valence-corrected chi connectivity index (χ1v) is 9.47. The second-order valence-electron chi connectivity index (χ2n) is 7.19. The van der Waals surface area contributed by atoms with E-state index < -0.39 is 0 Å². The molecule has 2 N–H and O–H groups in total. The molecule has 3 aromatic rings. The molecule has 7 nitrogen and oxygen atoms in total. The molecule has 0 radical (unpaired) electrons. The summed E-state index contributed by atoms with van der Waals surface area (Å²) in [4.78, 5) is 38.5. The van der Waals surface area contributed by atoms with E-state index in [2.05, 4.69) is 10.6 Å². The molecular formula is C23H24N4O3. The van der Waals surface area contributed by atoms with E-state index in [4.69, 9.17) is 0 Å². The predicted octanol–water partition coefficient (Wildman–Crippen LogP) is 3.11. The molecule has 1 aromatic heterocycles. The quantitative estimate of drug-likeness (QED) is 0.661. The smallest absolute Gasteiger partial charge is 0.255 e. The molecule has 3 rings (SSSR count). The molecule has 0 aliphatic rings. The highest BCUT2D eigenvalue weighted by Crippen LogP contribution is 2.17. The monoisotopic (exact) mass is 404 g/mol. The van der Waals surface area contributed by atoms with Crippen molar-refractivity contribution in [3.63, 3.8) is 0 Å². The Bertz CT molecular complexity index is 1100.